The van der Waals surface area contributed by atoms with Gasteiger partial charge in [0.05, 0.1) is 6.61 Å². The number of nitrogens with zero attached hydrogens (tertiary/aromatic N) is 1. The molecule has 1 fully saturated rings. The predicted octanol–water partition coefficient (Wildman–Crippen LogP) is 3.09. The smallest absolute Gasteiger partial charge is 0.246 e. The van der Waals surface area contributed by atoms with E-state index in [1.165, 1.54) is 0 Å². The highest BCUT2D eigenvalue weighted by Gasteiger charge is 2.33. The maximum absolute atomic E-state index is 13.9. The van der Waals surface area contributed by atoms with Gasteiger partial charge in [0.15, 0.2) is 0 Å². The zero-order valence-corrected chi connectivity index (χ0v) is 17.9. The Balaban J connectivity index is 1.39. The number of carbonyl (C=O) groups excluding carboxylic acids is 1. The number of ether oxygens (including phenoxy) is 1. The topological polar surface area (TPSA) is 75.7 Å². The minimum absolute atomic E-state index is 0.0799. The van der Waals surface area contributed by atoms with Crippen LogP contribution >= 0.6 is 0 Å². The summed E-state index contributed by atoms with van der Waals surface area (Å²) < 4.78 is 59.2. The first-order valence-corrected chi connectivity index (χ1v) is 11.7. The zero-order chi connectivity index (χ0) is 22.3. The van der Waals surface area contributed by atoms with Gasteiger partial charge in [-0.05, 0) is 43.0 Å². The zero-order valence-electron chi connectivity index (χ0n) is 17.1. The van der Waals surface area contributed by atoms with Gasteiger partial charge in [-0.25, -0.2) is 17.2 Å². The van der Waals surface area contributed by atoms with E-state index < -0.39 is 26.6 Å². The SMILES string of the molecule is O=C(NCCCOCc1ccccc1)C1CCN(S(=O)(=O)c2cc(F)ccc2F)CC1. The Labute approximate surface area is 181 Å². The third kappa shape index (κ3) is 6.32. The fourth-order valence-corrected chi connectivity index (χ4v) is 5.01. The summed E-state index contributed by atoms with van der Waals surface area (Å²) in [5.41, 5.74) is 1.09. The second-order valence-electron chi connectivity index (χ2n) is 7.44. The summed E-state index contributed by atoms with van der Waals surface area (Å²) in [6.45, 7) is 1.67. The van der Waals surface area contributed by atoms with Crippen molar-refractivity contribution >= 4 is 15.9 Å². The first-order chi connectivity index (χ1) is 14.9. The minimum atomic E-state index is -4.14. The van der Waals surface area contributed by atoms with Gasteiger partial charge in [-0.3, -0.25) is 4.79 Å². The van der Waals surface area contributed by atoms with Crippen molar-refractivity contribution in [3.63, 3.8) is 0 Å². The molecule has 1 heterocycles. The molecule has 0 aromatic heterocycles. The molecule has 2 aromatic rings. The summed E-state index contributed by atoms with van der Waals surface area (Å²) in [5.74, 6) is -2.25. The predicted molar refractivity (Wildman–Crippen MR) is 112 cm³/mol. The van der Waals surface area contributed by atoms with Gasteiger partial charge in [0.2, 0.25) is 15.9 Å². The lowest BCUT2D eigenvalue weighted by Gasteiger charge is -2.30. The summed E-state index contributed by atoms with van der Waals surface area (Å²) in [6, 6.07) is 12.2. The number of rotatable bonds is 9. The van der Waals surface area contributed by atoms with Crippen LogP contribution in [-0.2, 0) is 26.2 Å². The lowest BCUT2D eigenvalue weighted by Crippen LogP contribution is -2.43. The molecule has 168 valence electrons. The molecule has 0 unspecified atom stereocenters. The van der Waals surface area contributed by atoms with E-state index in [2.05, 4.69) is 5.32 Å². The normalized spacial score (nSPS) is 15.7. The molecule has 31 heavy (non-hydrogen) atoms. The van der Waals surface area contributed by atoms with Crippen molar-refractivity contribution in [2.24, 2.45) is 5.92 Å². The van der Waals surface area contributed by atoms with Crippen molar-refractivity contribution < 1.29 is 26.7 Å². The maximum atomic E-state index is 13.9. The number of carbonyl (C=O) groups is 1. The maximum Gasteiger partial charge on any atom is 0.246 e. The van der Waals surface area contributed by atoms with Crippen molar-refractivity contribution in [1.82, 2.24) is 9.62 Å². The number of halogens is 2. The molecule has 1 aliphatic rings. The van der Waals surface area contributed by atoms with Crippen LogP contribution in [-0.4, -0.2) is 44.9 Å². The largest absolute Gasteiger partial charge is 0.377 e. The number of hydrogen-bond acceptors (Lipinski definition) is 4. The average molecular weight is 453 g/mol. The molecule has 3 rings (SSSR count). The van der Waals surface area contributed by atoms with Crippen molar-refractivity contribution in [3.8, 4) is 0 Å². The summed E-state index contributed by atoms with van der Waals surface area (Å²) in [7, 11) is -4.14. The van der Waals surface area contributed by atoms with Gasteiger partial charge in [0.25, 0.3) is 0 Å². The highest BCUT2D eigenvalue weighted by atomic mass is 32.2. The Morgan fingerprint density at radius 2 is 1.81 bits per heavy atom. The van der Waals surface area contributed by atoms with E-state index in [0.717, 1.165) is 22.0 Å². The lowest BCUT2D eigenvalue weighted by molar-refractivity contribution is -0.126. The molecule has 9 heteroatoms. The Hall–Kier alpha value is -2.36. The highest BCUT2D eigenvalue weighted by Crippen LogP contribution is 2.26. The molecule has 0 aliphatic carbocycles. The molecule has 0 atom stereocenters. The van der Waals surface area contributed by atoms with Crippen LogP contribution in [0.2, 0.25) is 0 Å². The number of piperidine rings is 1. The molecule has 0 spiro atoms. The van der Waals surface area contributed by atoms with Crippen molar-refractivity contribution in [3.05, 3.63) is 65.7 Å². The minimum Gasteiger partial charge on any atom is -0.377 e. The van der Waals surface area contributed by atoms with Crippen molar-refractivity contribution in [2.45, 2.75) is 30.8 Å². The molecule has 1 aliphatic heterocycles. The van der Waals surface area contributed by atoms with Gasteiger partial charge < -0.3 is 10.1 Å². The first kappa shape index (κ1) is 23.3. The lowest BCUT2D eigenvalue weighted by atomic mass is 9.97. The Kier molecular flexibility index (Phi) is 8.11. The van der Waals surface area contributed by atoms with Crippen LogP contribution in [0.3, 0.4) is 0 Å². The molecular formula is C22H26F2N2O4S. The summed E-state index contributed by atoms with van der Waals surface area (Å²) >= 11 is 0. The van der Waals surface area contributed by atoms with Crippen LogP contribution in [0.5, 0.6) is 0 Å². The molecule has 0 bridgehead atoms. The van der Waals surface area contributed by atoms with Crippen LogP contribution in [0.4, 0.5) is 8.78 Å². The third-order valence-electron chi connectivity index (χ3n) is 5.21. The van der Waals surface area contributed by atoms with E-state index in [1.54, 1.807) is 0 Å². The van der Waals surface area contributed by atoms with Crippen molar-refractivity contribution in [2.75, 3.05) is 26.2 Å². The van der Waals surface area contributed by atoms with Gasteiger partial charge in [0.1, 0.15) is 16.5 Å². The monoisotopic (exact) mass is 452 g/mol. The highest BCUT2D eigenvalue weighted by molar-refractivity contribution is 7.89. The van der Waals surface area contributed by atoms with Crippen LogP contribution < -0.4 is 5.32 Å². The van der Waals surface area contributed by atoms with Gasteiger partial charge in [-0.1, -0.05) is 30.3 Å². The van der Waals surface area contributed by atoms with Crippen LogP contribution in [0.25, 0.3) is 0 Å². The average Bonchev–Trinajstić information content (AvgIpc) is 2.78. The number of hydrogen-bond donors (Lipinski definition) is 1. The van der Waals surface area contributed by atoms with E-state index in [9.17, 15) is 22.0 Å². The molecule has 6 nitrogen and oxygen atoms in total. The molecule has 1 N–H and O–H groups in total. The van der Waals surface area contributed by atoms with Crippen LogP contribution in [0, 0.1) is 17.6 Å². The van der Waals surface area contributed by atoms with Crippen LogP contribution in [0.1, 0.15) is 24.8 Å². The second kappa shape index (κ2) is 10.8. The fourth-order valence-electron chi connectivity index (χ4n) is 3.47. The third-order valence-corrected chi connectivity index (χ3v) is 7.13. The molecule has 1 saturated heterocycles. The summed E-state index contributed by atoms with van der Waals surface area (Å²) in [4.78, 5) is 11.7. The number of amides is 1. The Morgan fingerprint density at radius 3 is 2.52 bits per heavy atom. The van der Waals surface area contributed by atoms with E-state index in [-0.39, 0.29) is 24.9 Å². The van der Waals surface area contributed by atoms with E-state index in [1.807, 2.05) is 30.3 Å². The number of sulfonamides is 1. The second-order valence-corrected chi connectivity index (χ2v) is 9.34. The van der Waals surface area contributed by atoms with Gasteiger partial charge >= 0.3 is 0 Å². The molecule has 1 amide bonds. The summed E-state index contributed by atoms with van der Waals surface area (Å²) in [6.07, 6.45) is 1.32. The Bertz CT molecular complexity index is 978. The van der Waals surface area contributed by atoms with E-state index in [0.29, 0.717) is 45.1 Å². The number of benzene rings is 2. The Morgan fingerprint density at radius 1 is 1.10 bits per heavy atom. The van der Waals surface area contributed by atoms with Crippen LogP contribution in [0.15, 0.2) is 53.4 Å². The van der Waals surface area contributed by atoms with Gasteiger partial charge in [-0.2, -0.15) is 4.31 Å². The quantitative estimate of drug-likeness (QED) is 0.594. The van der Waals surface area contributed by atoms with Gasteiger partial charge in [-0.15, -0.1) is 0 Å². The molecular weight excluding hydrogens is 426 g/mol. The van der Waals surface area contributed by atoms with E-state index in [4.69, 9.17) is 4.74 Å². The summed E-state index contributed by atoms with van der Waals surface area (Å²) in [5, 5.41) is 2.86. The van der Waals surface area contributed by atoms with E-state index >= 15 is 0 Å². The molecule has 0 saturated carbocycles. The van der Waals surface area contributed by atoms with Crippen molar-refractivity contribution in [1.29, 1.82) is 0 Å². The number of nitrogens with one attached hydrogen (secondary N) is 1. The molecule has 2 aromatic carbocycles. The molecule has 0 radical (unpaired) electrons. The van der Waals surface area contributed by atoms with Gasteiger partial charge in [0, 0.05) is 32.2 Å². The standard InChI is InChI=1S/C22H26F2N2O4S/c23-19-7-8-20(24)21(15-19)31(28,29)26-12-9-18(10-13-26)22(27)25-11-4-14-30-16-17-5-2-1-3-6-17/h1-3,5-8,15,18H,4,9-14,16H2,(H,25,27). The fraction of sp³-hybridized carbons (Fsp3) is 0.409. The first-order valence-electron chi connectivity index (χ1n) is 10.2.